The van der Waals surface area contributed by atoms with Gasteiger partial charge in [-0.25, -0.2) is 4.39 Å². The van der Waals surface area contributed by atoms with E-state index in [1.54, 1.807) is 12.0 Å². The molecule has 0 aliphatic carbocycles. The Bertz CT molecular complexity index is 430. The highest BCUT2D eigenvalue weighted by atomic mass is 19.1. The number of benzene rings is 1. The maximum atomic E-state index is 12.9. The van der Waals surface area contributed by atoms with Crippen molar-refractivity contribution in [3.63, 3.8) is 0 Å². The van der Waals surface area contributed by atoms with Crippen LogP contribution in [-0.2, 0) is 4.74 Å². The number of hydrogen-bond donors (Lipinski definition) is 1. The van der Waals surface area contributed by atoms with E-state index in [-0.39, 0.29) is 11.7 Å². The van der Waals surface area contributed by atoms with Crippen LogP contribution >= 0.6 is 0 Å². The fourth-order valence-corrected chi connectivity index (χ4v) is 2.43. The molecule has 0 spiro atoms. The zero-order chi connectivity index (χ0) is 14.4. The Kier molecular flexibility index (Phi) is 5.49. The van der Waals surface area contributed by atoms with Crippen LogP contribution in [0.25, 0.3) is 0 Å². The maximum absolute atomic E-state index is 12.9. The molecule has 0 radical (unpaired) electrons. The molecule has 110 valence electrons. The van der Waals surface area contributed by atoms with E-state index in [1.165, 1.54) is 24.3 Å². The van der Waals surface area contributed by atoms with E-state index in [0.717, 1.165) is 19.4 Å². The molecule has 5 heteroatoms. The normalized spacial score (nSPS) is 18.2. The molecule has 1 aromatic carbocycles. The predicted octanol–water partition coefficient (Wildman–Crippen LogP) is 1.67. The molecule has 1 fully saturated rings. The van der Waals surface area contributed by atoms with Gasteiger partial charge in [0.25, 0.3) is 5.91 Å². The van der Waals surface area contributed by atoms with Gasteiger partial charge in [-0.2, -0.15) is 0 Å². The molecule has 1 aliphatic rings. The Labute approximate surface area is 118 Å². The fourth-order valence-electron chi connectivity index (χ4n) is 2.43. The first-order chi connectivity index (χ1) is 9.70. The number of hydrogen-bond acceptors (Lipinski definition) is 3. The number of rotatable bonds is 6. The van der Waals surface area contributed by atoms with Crippen LogP contribution in [0, 0.1) is 5.82 Å². The smallest absolute Gasteiger partial charge is 0.253 e. The van der Waals surface area contributed by atoms with Crippen LogP contribution in [0.3, 0.4) is 0 Å². The van der Waals surface area contributed by atoms with Gasteiger partial charge in [-0.15, -0.1) is 0 Å². The van der Waals surface area contributed by atoms with Crippen molar-refractivity contribution < 1.29 is 13.9 Å². The van der Waals surface area contributed by atoms with E-state index in [1.807, 2.05) is 0 Å². The maximum Gasteiger partial charge on any atom is 0.253 e. The van der Waals surface area contributed by atoms with Gasteiger partial charge in [0.1, 0.15) is 5.82 Å². The minimum atomic E-state index is -0.331. The van der Waals surface area contributed by atoms with E-state index in [9.17, 15) is 9.18 Å². The summed E-state index contributed by atoms with van der Waals surface area (Å²) in [6, 6.07) is 6.03. The van der Waals surface area contributed by atoms with Crippen LogP contribution in [0.15, 0.2) is 24.3 Å². The minimum absolute atomic E-state index is 0.0734. The molecule has 1 saturated heterocycles. The van der Waals surface area contributed by atoms with Gasteiger partial charge >= 0.3 is 0 Å². The van der Waals surface area contributed by atoms with Crippen molar-refractivity contribution >= 4 is 5.91 Å². The third kappa shape index (κ3) is 4.02. The van der Waals surface area contributed by atoms with Gasteiger partial charge in [-0.05, 0) is 43.7 Å². The lowest BCUT2D eigenvalue weighted by Gasteiger charge is -2.25. The summed E-state index contributed by atoms with van der Waals surface area (Å²) in [6.07, 6.45) is 2.23. The molecule has 1 unspecified atom stereocenters. The van der Waals surface area contributed by atoms with Gasteiger partial charge in [0.05, 0.1) is 6.61 Å². The van der Waals surface area contributed by atoms with Crippen molar-refractivity contribution in [1.82, 2.24) is 10.2 Å². The summed E-state index contributed by atoms with van der Waals surface area (Å²) in [4.78, 5) is 14.2. The van der Waals surface area contributed by atoms with Crippen molar-refractivity contribution in [2.75, 3.05) is 33.4 Å². The highest BCUT2D eigenvalue weighted by Gasteiger charge is 2.22. The number of methoxy groups -OCH3 is 1. The van der Waals surface area contributed by atoms with Crippen molar-refractivity contribution in [2.24, 2.45) is 0 Å². The van der Waals surface area contributed by atoms with Gasteiger partial charge in [0.15, 0.2) is 0 Å². The van der Waals surface area contributed by atoms with Gasteiger partial charge < -0.3 is 15.0 Å². The second kappa shape index (κ2) is 7.36. The first kappa shape index (κ1) is 14.9. The molecule has 0 bridgehead atoms. The SMILES string of the molecule is COCCN(CC1CCCN1)C(=O)c1ccc(F)cc1. The number of nitrogens with one attached hydrogen (secondary N) is 1. The van der Waals surface area contributed by atoms with Gasteiger partial charge in [0, 0.05) is 31.8 Å². The molecule has 1 atom stereocenters. The summed E-state index contributed by atoms with van der Waals surface area (Å²) in [5, 5.41) is 3.38. The number of carbonyl (C=O) groups excluding carboxylic acids is 1. The molecular weight excluding hydrogens is 259 g/mol. The third-order valence-electron chi connectivity index (χ3n) is 3.55. The molecule has 1 aliphatic heterocycles. The summed E-state index contributed by atoms with van der Waals surface area (Å²) in [7, 11) is 1.62. The second-order valence-electron chi connectivity index (χ2n) is 5.04. The molecule has 1 aromatic rings. The number of amides is 1. The number of nitrogens with zero attached hydrogens (tertiary/aromatic N) is 1. The third-order valence-corrected chi connectivity index (χ3v) is 3.55. The highest BCUT2D eigenvalue weighted by Crippen LogP contribution is 2.11. The average Bonchev–Trinajstić information content (AvgIpc) is 2.96. The zero-order valence-corrected chi connectivity index (χ0v) is 11.8. The van der Waals surface area contributed by atoms with Crippen LogP contribution in [0.4, 0.5) is 4.39 Å². The summed E-state index contributed by atoms with van der Waals surface area (Å²) < 4.78 is 18.0. The van der Waals surface area contributed by atoms with Gasteiger partial charge in [0.2, 0.25) is 0 Å². The molecule has 1 amide bonds. The molecular formula is C15H21FN2O2. The molecule has 1 N–H and O–H groups in total. The summed E-state index contributed by atoms with van der Waals surface area (Å²) >= 11 is 0. The highest BCUT2D eigenvalue weighted by molar-refractivity contribution is 5.94. The Morgan fingerprint density at radius 1 is 1.45 bits per heavy atom. The monoisotopic (exact) mass is 280 g/mol. The fraction of sp³-hybridized carbons (Fsp3) is 0.533. The Balaban J connectivity index is 2.03. The van der Waals surface area contributed by atoms with Crippen LogP contribution < -0.4 is 5.32 Å². The number of ether oxygens (including phenoxy) is 1. The molecule has 0 saturated carbocycles. The number of carbonyl (C=O) groups is 1. The summed E-state index contributed by atoms with van der Waals surface area (Å²) in [6.45, 7) is 2.72. The largest absolute Gasteiger partial charge is 0.383 e. The van der Waals surface area contributed by atoms with Crippen LogP contribution in [-0.4, -0.2) is 50.2 Å². The standard InChI is InChI=1S/C15H21FN2O2/c1-20-10-9-18(11-14-3-2-8-17-14)15(19)12-4-6-13(16)7-5-12/h4-7,14,17H,2-3,8-11H2,1H3. The average molecular weight is 280 g/mol. The molecule has 2 rings (SSSR count). The lowest BCUT2D eigenvalue weighted by Crippen LogP contribution is -2.42. The summed E-state index contributed by atoms with van der Waals surface area (Å²) in [5.41, 5.74) is 0.514. The lowest BCUT2D eigenvalue weighted by atomic mass is 10.1. The van der Waals surface area contributed by atoms with Crippen molar-refractivity contribution in [3.05, 3.63) is 35.6 Å². The Hall–Kier alpha value is -1.46. The van der Waals surface area contributed by atoms with Gasteiger partial charge in [-0.3, -0.25) is 4.79 Å². The van der Waals surface area contributed by atoms with Gasteiger partial charge in [-0.1, -0.05) is 0 Å². The lowest BCUT2D eigenvalue weighted by molar-refractivity contribution is 0.0679. The predicted molar refractivity (Wildman–Crippen MR) is 75.2 cm³/mol. The zero-order valence-electron chi connectivity index (χ0n) is 11.8. The van der Waals surface area contributed by atoms with E-state index in [0.29, 0.717) is 31.3 Å². The van der Waals surface area contributed by atoms with E-state index in [2.05, 4.69) is 5.32 Å². The van der Waals surface area contributed by atoms with Crippen molar-refractivity contribution in [2.45, 2.75) is 18.9 Å². The first-order valence-electron chi connectivity index (χ1n) is 6.98. The van der Waals surface area contributed by atoms with Crippen LogP contribution in [0.2, 0.25) is 0 Å². The molecule has 0 aromatic heterocycles. The Morgan fingerprint density at radius 3 is 2.80 bits per heavy atom. The molecule has 1 heterocycles. The first-order valence-corrected chi connectivity index (χ1v) is 6.98. The second-order valence-corrected chi connectivity index (χ2v) is 5.04. The summed E-state index contributed by atoms with van der Waals surface area (Å²) in [5.74, 6) is -0.404. The van der Waals surface area contributed by atoms with E-state index in [4.69, 9.17) is 4.74 Å². The van der Waals surface area contributed by atoms with Crippen LogP contribution in [0.5, 0.6) is 0 Å². The van der Waals surface area contributed by atoms with E-state index >= 15 is 0 Å². The molecule has 4 nitrogen and oxygen atoms in total. The topological polar surface area (TPSA) is 41.6 Å². The number of halogens is 1. The Morgan fingerprint density at radius 2 is 2.20 bits per heavy atom. The van der Waals surface area contributed by atoms with Crippen LogP contribution in [0.1, 0.15) is 23.2 Å². The van der Waals surface area contributed by atoms with E-state index < -0.39 is 0 Å². The quantitative estimate of drug-likeness (QED) is 0.862. The molecule has 20 heavy (non-hydrogen) atoms. The van der Waals surface area contributed by atoms with Crippen molar-refractivity contribution in [1.29, 1.82) is 0 Å². The van der Waals surface area contributed by atoms with Crippen molar-refractivity contribution in [3.8, 4) is 0 Å². The minimum Gasteiger partial charge on any atom is -0.383 e.